The molecule has 1 aromatic heterocycles. The molecule has 0 bridgehead atoms. The Kier molecular flexibility index (Phi) is 7.44. The van der Waals surface area contributed by atoms with E-state index in [1.165, 1.54) is 0 Å². The summed E-state index contributed by atoms with van der Waals surface area (Å²) in [5.41, 5.74) is 2.42. The number of amides is 2. The van der Waals surface area contributed by atoms with Gasteiger partial charge in [-0.15, -0.1) is 0 Å². The summed E-state index contributed by atoms with van der Waals surface area (Å²) in [6, 6.07) is 22.3. The molecule has 1 aliphatic rings. The van der Waals surface area contributed by atoms with Crippen LogP contribution in [0.2, 0.25) is 0 Å². The third-order valence-corrected chi connectivity index (χ3v) is 6.39. The Morgan fingerprint density at radius 1 is 0.917 bits per heavy atom. The Morgan fingerprint density at radius 3 is 2.39 bits per heavy atom. The standard InChI is InChI=1S/C28H31N5O3/c34-24-13-17-32(18-14-24)15-4-16-33-27-12-9-23(19-21(27)20-29-33)31-28(35)30-22-7-10-26(11-8-22)36-25-5-2-1-3-6-25/h1-3,5-12,19-20,24,34H,4,13-18H2,(H2,30,31,35). The summed E-state index contributed by atoms with van der Waals surface area (Å²) in [4.78, 5) is 14.9. The highest BCUT2D eigenvalue weighted by Gasteiger charge is 2.16. The fraction of sp³-hybridized carbons (Fsp3) is 0.286. The Morgan fingerprint density at radius 2 is 1.61 bits per heavy atom. The largest absolute Gasteiger partial charge is 0.457 e. The first kappa shape index (κ1) is 23.8. The summed E-state index contributed by atoms with van der Waals surface area (Å²) in [7, 11) is 0. The maximum absolute atomic E-state index is 12.5. The van der Waals surface area contributed by atoms with Gasteiger partial charge in [-0.05, 0) is 80.4 Å². The number of aromatic nitrogens is 2. The minimum Gasteiger partial charge on any atom is -0.457 e. The molecular formula is C28H31N5O3. The number of hydrogen-bond donors (Lipinski definition) is 3. The van der Waals surface area contributed by atoms with Gasteiger partial charge in [0.15, 0.2) is 0 Å². The van der Waals surface area contributed by atoms with Gasteiger partial charge < -0.3 is 25.4 Å². The third-order valence-electron chi connectivity index (χ3n) is 6.39. The summed E-state index contributed by atoms with van der Waals surface area (Å²) in [6.07, 6.45) is 4.43. The molecule has 5 rings (SSSR count). The maximum Gasteiger partial charge on any atom is 0.323 e. The van der Waals surface area contributed by atoms with Crippen molar-refractivity contribution in [1.82, 2.24) is 14.7 Å². The molecule has 2 amide bonds. The molecule has 36 heavy (non-hydrogen) atoms. The molecule has 4 aromatic rings. The number of fused-ring (bicyclic) bond motifs is 1. The lowest BCUT2D eigenvalue weighted by Gasteiger charge is -2.29. The Bertz CT molecular complexity index is 1280. The number of ether oxygens (including phenoxy) is 1. The van der Waals surface area contributed by atoms with Crippen molar-refractivity contribution in [3.05, 3.63) is 79.0 Å². The zero-order chi connectivity index (χ0) is 24.7. The second kappa shape index (κ2) is 11.2. The van der Waals surface area contributed by atoms with Gasteiger partial charge in [0.2, 0.25) is 0 Å². The number of nitrogens with one attached hydrogen (secondary N) is 2. The Hall–Kier alpha value is -3.88. The van der Waals surface area contributed by atoms with Gasteiger partial charge in [-0.25, -0.2) is 4.79 Å². The van der Waals surface area contributed by atoms with Gasteiger partial charge in [-0.1, -0.05) is 18.2 Å². The van der Waals surface area contributed by atoms with Crippen LogP contribution in [0.25, 0.3) is 10.9 Å². The zero-order valence-electron chi connectivity index (χ0n) is 20.1. The number of likely N-dealkylation sites (tertiary alicyclic amines) is 1. The van der Waals surface area contributed by atoms with Gasteiger partial charge in [-0.3, -0.25) is 4.68 Å². The van der Waals surface area contributed by atoms with Crippen molar-refractivity contribution in [2.45, 2.75) is 31.9 Å². The van der Waals surface area contributed by atoms with Crippen LogP contribution in [-0.2, 0) is 6.54 Å². The fourth-order valence-electron chi connectivity index (χ4n) is 4.45. The highest BCUT2D eigenvalue weighted by Crippen LogP contribution is 2.23. The van der Waals surface area contributed by atoms with Crippen LogP contribution in [-0.4, -0.2) is 51.6 Å². The summed E-state index contributed by atoms with van der Waals surface area (Å²) in [5.74, 6) is 1.46. The molecule has 1 fully saturated rings. The molecule has 0 saturated carbocycles. The van der Waals surface area contributed by atoms with Crippen molar-refractivity contribution >= 4 is 28.3 Å². The number of aryl methyl sites for hydroxylation is 1. The molecule has 1 aliphatic heterocycles. The van der Waals surface area contributed by atoms with Gasteiger partial charge in [0.05, 0.1) is 17.8 Å². The van der Waals surface area contributed by atoms with Crippen LogP contribution in [0.5, 0.6) is 11.5 Å². The molecule has 186 valence electrons. The molecule has 0 unspecified atom stereocenters. The van der Waals surface area contributed by atoms with E-state index in [4.69, 9.17) is 4.74 Å². The molecule has 8 heteroatoms. The zero-order valence-corrected chi connectivity index (χ0v) is 20.1. The predicted octanol–water partition coefficient (Wildman–Crippen LogP) is 5.32. The van der Waals surface area contributed by atoms with Crippen molar-refractivity contribution in [2.24, 2.45) is 0 Å². The van der Waals surface area contributed by atoms with Crippen LogP contribution >= 0.6 is 0 Å². The van der Waals surface area contributed by atoms with Crippen molar-refractivity contribution in [3.63, 3.8) is 0 Å². The van der Waals surface area contributed by atoms with Gasteiger partial charge >= 0.3 is 6.03 Å². The number of rotatable bonds is 8. The smallest absolute Gasteiger partial charge is 0.323 e. The number of aliphatic hydroxyl groups is 1. The quantitative estimate of drug-likeness (QED) is 0.314. The second-order valence-corrected chi connectivity index (χ2v) is 9.09. The Balaban J connectivity index is 1.12. The third kappa shape index (κ3) is 6.21. The van der Waals surface area contributed by atoms with Crippen LogP contribution in [0.4, 0.5) is 16.2 Å². The summed E-state index contributed by atoms with van der Waals surface area (Å²) in [5, 5.41) is 20.9. The van der Waals surface area contributed by atoms with E-state index >= 15 is 0 Å². The number of aliphatic hydroxyl groups excluding tert-OH is 1. The molecule has 8 nitrogen and oxygen atoms in total. The van der Waals surface area contributed by atoms with E-state index in [1.807, 2.05) is 71.5 Å². The van der Waals surface area contributed by atoms with Crippen LogP contribution in [0.1, 0.15) is 19.3 Å². The van der Waals surface area contributed by atoms with Gasteiger partial charge in [0.25, 0.3) is 0 Å². The molecule has 3 aromatic carbocycles. The number of urea groups is 1. The van der Waals surface area contributed by atoms with Crippen LogP contribution in [0, 0.1) is 0 Å². The fourth-order valence-corrected chi connectivity index (χ4v) is 4.45. The Labute approximate surface area is 210 Å². The van der Waals surface area contributed by atoms with Crippen molar-refractivity contribution in [3.8, 4) is 11.5 Å². The molecule has 1 saturated heterocycles. The summed E-state index contributed by atoms with van der Waals surface area (Å²) >= 11 is 0. The number of piperidine rings is 1. The van der Waals surface area contributed by atoms with E-state index in [-0.39, 0.29) is 12.1 Å². The average Bonchev–Trinajstić information content (AvgIpc) is 3.29. The molecule has 2 heterocycles. The molecular weight excluding hydrogens is 454 g/mol. The average molecular weight is 486 g/mol. The highest BCUT2D eigenvalue weighted by molar-refractivity contribution is 6.01. The first-order valence-electron chi connectivity index (χ1n) is 12.4. The number of carbonyl (C=O) groups is 1. The topological polar surface area (TPSA) is 91.7 Å². The number of carbonyl (C=O) groups excluding carboxylic acids is 1. The highest BCUT2D eigenvalue weighted by atomic mass is 16.5. The monoisotopic (exact) mass is 485 g/mol. The van der Waals surface area contributed by atoms with E-state index < -0.39 is 0 Å². The normalized spacial score (nSPS) is 14.6. The van der Waals surface area contributed by atoms with Gasteiger partial charge in [0, 0.05) is 36.4 Å². The van der Waals surface area contributed by atoms with E-state index in [0.29, 0.717) is 17.1 Å². The predicted molar refractivity (Wildman–Crippen MR) is 142 cm³/mol. The minimum atomic E-state index is -0.315. The molecule has 3 N–H and O–H groups in total. The lowest BCUT2D eigenvalue weighted by Crippen LogP contribution is -2.36. The molecule has 0 aliphatic carbocycles. The molecule has 0 radical (unpaired) electrons. The lowest BCUT2D eigenvalue weighted by molar-refractivity contribution is 0.0814. The number of nitrogens with zero attached hydrogens (tertiary/aromatic N) is 3. The lowest BCUT2D eigenvalue weighted by atomic mass is 10.1. The van der Waals surface area contributed by atoms with E-state index in [1.54, 1.807) is 12.1 Å². The van der Waals surface area contributed by atoms with E-state index in [2.05, 4.69) is 20.6 Å². The van der Waals surface area contributed by atoms with Gasteiger partial charge in [-0.2, -0.15) is 5.10 Å². The molecule has 0 spiro atoms. The first-order chi connectivity index (χ1) is 17.6. The van der Waals surface area contributed by atoms with Crippen LogP contribution < -0.4 is 15.4 Å². The first-order valence-corrected chi connectivity index (χ1v) is 12.4. The maximum atomic E-state index is 12.5. The van der Waals surface area contributed by atoms with Crippen LogP contribution in [0.15, 0.2) is 79.0 Å². The van der Waals surface area contributed by atoms with Crippen molar-refractivity contribution in [2.75, 3.05) is 30.3 Å². The SMILES string of the molecule is O=C(Nc1ccc(Oc2ccccc2)cc1)Nc1ccc2c(cnn2CCCN2CCC(O)CC2)c1. The number of para-hydroxylation sites is 1. The van der Waals surface area contributed by atoms with E-state index in [9.17, 15) is 9.90 Å². The number of anilines is 2. The van der Waals surface area contributed by atoms with Crippen molar-refractivity contribution in [1.29, 1.82) is 0 Å². The minimum absolute atomic E-state index is 0.138. The number of benzene rings is 3. The van der Waals surface area contributed by atoms with Crippen LogP contribution in [0.3, 0.4) is 0 Å². The summed E-state index contributed by atoms with van der Waals surface area (Å²) in [6.45, 7) is 3.76. The number of hydrogen-bond acceptors (Lipinski definition) is 5. The van der Waals surface area contributed by atoms with Crippen molar-refractivity contribution < 1.29 is 14.6 Å². The van der Waals surface area contributed by atoms with E-state index in [0.717, 1.165) is 62.1 Å². The second-order valence-electron chi connectivity index (χ2n) is 9.09. The van der Waals surface area contributed by atoms with Gasteiger partial charge in [0.1, 0.15) is 11.5 Å². The molecule has 0 atom stereocenters. The summed E-state index contributed by atoms with van der Waals surface area (Å²) < 4.78 is 7.80.